The number of hydrogen-bond donors (Lipinski definition) is 2. The molecule has 5 nitrogen and oxygen atoms in total. The molecule has 0 bridgehead atoms. The van der Waals surface area contributed by atoms with Crippen LogP contribution in [0, 0.1) is 0 Å². The second kappa shape index (κ2) is 4.06. The molecule has 2 aromatic rings. The molecule has 16 heavy (non-hydrogen) atoms. The normalized spacial score (nSPS) is 12.2. The number of carboxylic acid groups (broad SMARTS) is 1. The van der Waals surface area contributed by atoms with Gasteiger partial charge in [0.25, 0.3) is 0 Å². The monoisotopic (exact) mass is 219 g/mol. The quantitative estimate of drug-likeness (QED) is 0.605. The van der Waals surface area contributed by atoms with Crippen molar-refractivity contribution in [2.45, 2.75) is 5.92 Å². The van der Waals surface area contributed by atoms with Crippen LogP contribution in [0.5, 0.6) is 0 Å². The van der Waals surface area contributed by atoms with Gasteiger partial charge in [-0.3, -0.25) is 9.59 Å². The van der Waals surface area contributed by atoms with Gasteiger partial charge in [-0.1, -0.05) is 0 Å². The number of carbonyl (C=O) groups excluding carboxylic acids is 1. The van der Waals surface area contributed by atoms with Gasteiger partial charge in [0.05, 0.1) is 6.26 Å². The second-order valence-corrected chi connectivity index (χ2v) is 3.24. The predicted octanol–water partition coefficient (Wildman–Crippen LogP) is 1.66. The fourth-order valence-electron chi connectivity index (χ4n) is 1.47. The van der Waals surface area contributed by atoms with E-state index < -0.39 is 17.7 Å². The predicted molar refractivity (Wildman–Crippen MR) is 54.2 cm³/mol. The van der Waals surface area contributed by atoms with Crippen LogP contribution in [0.25, 0.3) is 0 Å². The van der Waals surface area contributed by atoms with Crippen molar-refractivity contribution >= 4 is 11.8 Å². The average Bonchev–Trinajstić information content (AvgIpc) is 2.89. The summed E-state index contributed by atoms with van der Waals surface area (Å²) in [6.45, 7) is 0. The van der Waals surface area contributed by atoms with Gasteiger partial charge < -0.3 is 14.5 Å². The summed E-state index contributed by atoms with van der Waals surface area (Å²) < 4.78 is 4.90. The van der Waals surface area contributed by atoms with Crippen LogP contribution in [0.15, 0.2) is 41.1 Å². The second-order valence-electron chi connectivity index (χ2n) is 3.24. The number of nitrogens with one attached hydrogen (secondary N) is 1. The highest BCUT2D eigenvalue weighted by Gasteiger charge is 2.31. The van der Waals surface area contributed by atoms with Crippen LogP contribution in [0.3, 0.4) is 0 Å². The van der Waals surface area contributed by atoms with E-state index in [-0.39, 0.29) is 5.76 Å². The Labute approximate surface area is 90.7 Å². The van der Waals surface area contributed by atoms with Gasteiger partial charge in [-0.15, -0.1) is 0 Å². The summed E-state index contributed by atoms with van der Waals surface area (Å²) in [5.41, 5.74) is 0.342. The number of H-pyrrole nitrogens is 1. The Hall–Kier alpha value is -2.30. The fourth-order valence-corrected chi connectivity index (χ4v) is 1.47. The first-order valence-corrected chi connectivity index (χ1v) is 4.64. The Morgan fingerprint density at radius 1 is 1.31 bits per heavy atom. The topological polar surface area (TPSA) is 83.3 Å². The lowest BCUT2D eigenvalue weighted by Gasteiger charge is -2.07. The molecule has 1 unspecified atom stereocenters. The number of carboxylic acids is 1. The molecule has 0 fully saturated rings. The van der Waals surface area contributed by atoms with Crippen LogP contribution in [-0.2, 0) is 4.79 Å². The summed E-state index contributed by atoms with van der Waals surface area (Å²) in [6.07, 6.45) is 2.90. The standard InChI is InChI=1S/C11H9NO4/c13-10(8-4-2-6-16-8)9(11(14)15)7-3-1-5-12-7/h1-6,9,12H,(H,14,15). The van der Waals surface area contributed by atoms with E-state index in [9.17, 15) is 9.59 Å². The van der Waals surface area contributed by atoms with E-state index in [2.05, 4.69) is 4.98 Å². The molecule has 0 aromatic carbocycles. The van der Waals surface area contributed by atoms with Gasteiger partial charge in [0.1, 0.15) is 0 Å². The number of aromatic nitrogens is 1. The van der Waals surface area contributed by atoms with E-state index in [0.717, 1.165) is 0 Å². The number of rotatable bonds is 4. The molecule has 0 radical (unpaired) electrons. The number of aliphatic carboxylic acids is 1. The maximum atomic E-state index is 11.9. The van der Waals surface area contributed by atoms with Gasteiger partial charge >= 0.3 is 5.97 Å². The molecule has 0 spiro atoms. The lowest BCUT2D eigenvalue weighted by Crippen LogP contribution is -2.21. The Bertz CT molecular complexity index is 484. The number of Topliss-reactive ketones (excluding diaryl/α,β-unsaturated/α-hetero) is 1. The molecule has 5 heteroatoms. The van der Waals surface area contributed by atoms with E-state index in [1.807, 2.05) is 0 Å². The molecule has 0 aliphatic rings. The van der Waals surface area contributed by atoms with Crippen molar-refractivity contribution in [1.82, 2.24) is 4.98 Å². The van der Waals surface area contributed by atoms with Gasteiger partial charge in [0.15, 0.2) is 11.7 Å². The van der Waals surface area contributed by atoms with Gasteiger partial charge in [-0.05, 0) is 24.3 Å². The van der Waals surface area contributed by atoms with E-state index >= 15 is 0 Å². The summed E-state index contributed by atoms with van der Waals surface area (Å²) in [5.74, 6) is -2.98. The van der Waals surface area contributed by atoms with Crippen molar-refractivity contribution in [3.05, 3.63) is 48.2 Å². The average molecular weight is 219 g/mol. The third-order valence-electron chi connectivity index (χ3n) is 2.21. The van der Waals surface area contributed by atoms with Crippen LogP contribution < -0.4 is 0 Å². The summed E-state index contributed by atoms with van der Waals surface area (Å²) in [4.78, 5) is 25.6. The lowest BCUT2D eigenvalue weighted by atomic mass is 9.99. The Kier molecular flexibility index (Phi) is 2.59. The fraction of sp³-hybridized carbons (Fsp3) is 0.0909. The molecule has 0 saturated heterocycles. The van der Waals surface area contributed by atoms with Gasteiger partial charge in [0, 0.05) is 11.9 Å². The first-order valence-electron chi connectivity index (χ1n) is 4.64. The van der Waals surface area contributed by atoms with E-state index in [0.29, 0.717) is 5.69 Å². The van der Waals surface area contributed by atoms with Crippen LogP contribution >= 0.6 is 0 Å². The summed E-state index contributed by atoms with van der Waals surface area (Å²) in [7, 11) is 0. The molecule has 0 amide bonds. The SMILES string of the molecule is O=C(O)C(C(=O)c1ccco1)c1ccc[nH]1. The Morgan fingerprint density at radius 3 is 2.62 bits per heavy atom. The van der Waals surface area contributed by atoms with Crippen molar-refractivity contribution in [2.75, 3.05) is 0 Å². The van der Waals surface area contributed by atoms with Gasteiger partial charge in [-0.25, -0.2) is 0 Å². The largest absolute Gasteiger partial charge is 0.480 e. The Morgan fingerprint density at radius 2 is 2.12 bits per heavy atom. The Balaban J connectivity index is 2.35. The maximum Gasteiger partial charge on any atom is 0.320 e. The molecule has 82 valence electrons. The minimum Gasteiger partial charge on any atom is -0.480 e. The summed E-state index contributed by atoms with van der Waals surface area (Å²) in [6, 6.07) is 6.18. The van der Waals surface area contributed by atoms with Crippen LogP contribution in [-0.4, -0.2) is 21.8 Å². The molecular formula is C11H9NO4. The number of furan rings is 1. The first kappa shape index (κ1) is 10.2. The highest BCUT2D eigenvalue weighted by atomic mass is 16.4. The van der Waals surface area contributed by atoms with E-state index in [1.165, 1.54) is 12.3 Å². The molecule has 2 heterocycles. The van der Waals surface area contributed by atoms with Crippen LogP contribution in [0.4, 0.5) is 0 Å². The van der Waals surface area contributed by atoms with E-state index in [4.69, 9.17) is 9.52 Å². The molecule has 0 aliphatic heterocycles. The molecular weight excluding hydrogens is 210 g/mol. The highest BCUT2D eigenvalue weighted by molar-refractivity contribution is 6.10. The summed E-state index contributed by atoms with van der Waals surface area (Å²) >= 11 is 0. The number of carbonyl (C=O) groups is 2. The van der Waals surface area contributed by atoms with Crippen molar-refractivity contribution in [1.29, 1.82) is 0 Å². The van der Waals surface area contributed by atoms with Crippen LogP contribution in [0.2, 0.25) is 0 Å². The van der Waals surface area contributed by atoms with Crippen molar-refractivity contribution in [3.8, 4) is 0 Å². The van der Waals surface area contributed by atoms with E-state index in [1.54, 1.807) is 24.4 Å². The first-order chi connectivity index (χ1) is 7.70. The maximum absolute atomic E-state index is 11.9. The number of aromatic amines is 1. The zero-order chi connectivity index (χ0) is 11.5. The molecule has 2 N–H and O–H groups in total. The molecule has 1 atom stereocenters. The zero-order valence-electron chi connectivity index (χ0n) is 8.21. The van der Waals surface area contributed by atoms with Crippen molar-refractivity contribution in [3.63, 3.8) is 0 Å². The number of hydrogen-bond acceptors (Lipinski definition) is 3. The third-order valence-corrected chi connectivity index (χ3v) is 2.21. The molecule has 2 aromatic heterocycles. The third kappa shape index (κ3) is 1.75. The van der Waals surface area contributed by atoms with Gasteiger partial charge in [-0.2, -0.15) is 0 Å². The minimum absolute atomic E-state index is 0.0435. The molecule has 0 aliphatic carbocycles. The number of ketones is 1. The molecule has 0 saturated carbocycles. The lowest BCUT2D eigenvalue weighted by molar-refractivity contribution is -0.137. The van der Waals surface area contributed by atoms with Crippen LogP contribution in [0.1, 0.15) is 22.2 Å². The van der Waals surface area contributed by atoms with Crippen molar-refractivity contribution in [2.24, 2.45) is 0 Å². The minimum atomic E-state index is -1.25. The molecule has 2 rings (SSSR count). The summed E-state index contributed by atoms with van der Waals surface area (Å²) in [5, 5.41) is 9.03. The van der Waals surface area contributed by atoms with Gasteiger partial charge in [0.2, 0.25) is 5.78 Å². The zero-order valence-corrected chi connectivity index (χ0v) is 8.21. The smallest absolute Gasteiger partial charge is 0.320 e. The highest BCUT2D eigenvalue weighted by Crippen LogP contribution is 2.20. The van der Waals surface area contributed by atoms with Crippen molar-refractivity contribution < 1.29 is 19.1 Å².